The van der Waals surface area contributed by atoms with E-state index in [0.29, 0.717) is 44.7 Å². The van der Waals surface area contributed by atoms with E-state index in [0.717, 1.165) is 5.56 Å². The summed E-state index contributed by atoms with van der Waals surface area (Å²) in [6.45, 7) is 0. The zero-order valence-electron chi connectivity index (χ0n) is 20.0. The standard InChI is InChI=1S/C25H23N3O7S/c1-32-18-11-9-16(10-12-18)27-24(29)19-13-20(33-2)22(34-3)23(35-4)21(19)26-25(27)36-14-15-5-7-17(8-6-15)28(30)31/h5-13H,14H2,1-4H3. The molecule has 0 aliphatic rings. The highest BCUT2D eigenvalue weighted by Gasteiger charge is 2.23. The first-order valence-corrected chi connectivity index (χ1v) is 11.7. The molecule has 0 aliphatic heterocycles. The van der Waals surface area contributed by atoms with E-state index in [1.54, 1.807) is 49.6 Å². The summed E-state index contributed by atoms with van der Waals surface area (Å²) >= 11 is 1.31. The Balaban J connectivity index is 1.90. The molecule has 10 nitrogen and oxygen atoms in total. The molecule has 1 aromatic heterocycles. The van der Waals surface area contributed by atoms with Crippen LogP contribution in [-0.4, -0.2) is 42.9 Å². The van der Waals surface area contributed by atoms with Gasteiger partial charge < -0.3 is 18.9 Å². The fraction of sp³-hybridized carbons (Fsp3) is 0.200. The van der Waals surface area contributed by atoms with Gasteiger partial charge in [-0.15, -0.1) is 0 Å². The number of non-ortho nitro benzene ring substituents is 1. The molecule has 4 aromatic rings. The molecule has 0 amide bonds. The SMILES string of the molecule is COc1ccc(-n2c(SCc3ccc([N+](=O)[O-])cc3)nc3c(OC)c(OC)c(OC)cc3c2=O)cc1. The summed E-state index contributed by atoms with van der Waals surface area (Å²) in [5.41, 5.74) is 1.44. The third-order valence-corrected chi connectivity index (χ3v) is 6.49. The average Bonchev–Trinajstić information content (AvgIpc) is 2.91. The minimum absolute atomic E-state index is 0.00787. The molecule has 36 heavy (non-hydrogen) atoms. The van der Waals surface area contributed by atoms with Gasteiger partial charge in [-0.3, -0.25) is 19.5 Å². The molecular formula is C25H23N3O7S. The van der Waals surface area contributed by atoms with Gasteiger partial charge in [0, 0.05) is 17.9 Å². The van der Waals surface area contributed by atoms with Crippen LogP contribution in [0.25, 0.3) is 16.6 Å². The monoisotopic (exact) mass is 509 g/mol. The van der Waals surface area contributed by atoms with Gasteiger partial charge in [-0.2, -0.15) is 0 Å². The summed E-state index contributed by atoms with van der Waals surface area (Å²) in [5.74, 6) is 2.01. The summed E-state index contributed by atoms with van der Waals surface area (Å²) in [6.07, 6.45) is 0. The van der Waals surface area contributed by atoms with Gasteiger partial charge in [-0.05, 0) is 35.9 Å². The lowest BCUT2D eigenvalue weighted by Gasteiger charge is -2.17. The van der Waals surface area contributed by atoms with E-state index in [4.69, 9.17) is 23.9 Å². The summed E-state index contributed by atoms with van der Waals surface area (Å²) in [4.78, 5) is 29.1. The maximum Gasteiger partial charge on any atom is 0.269 e. The lowest BCUT2D eigenvalue weighted by molar-refractivity contribution is -0.384. The molecule has 1 heterocycles. The van der Waals surface area contributed by atoms with Crippen LogP contribution < -0.4 is 24.5 Å². The van der Waals surface area contributed by atoms with Crippen molar-refractivity contribution in [2.45, 2.75) is 10.9 Å². The molecule has 186 valence electrons. The molecule has 0 atom stereocenters. The van der Waals surface area contributed by atoms with Gasteiger partial charge in [0.25, 0.3) is 11.2 Å². The van der Waals surface area contributed by atoms with E-state index in [1.165, 1.54) is 49.8 Å². The smallest absolute Gasteiger partial charge is 0.269 e. The number of hydrogen-bond donors (Lipinski definition) is 0. The summed E-state index contributed by atoms with van der Waals surface area (Å²) in [6, 6.07) is 14.9. The van der Waals surface area contributed by atoms with Gasteiger partial charge in [0.15, 0.2) is 16.7 Å². The Kier molecular flexibility index (Phi) is 7.30. The molecule has 3 aromatic carbocycles. The topological polar surface area (TPSA) is 115 Å². The van der Waals surface area contributed by atoms with Crippen molar-refractivity contribution in [1.29, 1.82) is 0 Å². The Morgan fingerprint density at radius 3 is 2.14 bits per heavy atom. The Morgan fingerprint density at radius 1 is 0.917 bits per heavy atom. The molecule has 0 aliphatic carbocycles. The predicted molar refractivity (Wildman–Crippen MR) is 136 cm³/mol. The van der Waals surface area contributed by atoms with Gasteiger partial charge in [0.1, 0.15) is 11.3 Å². The van der Waals surface area contributed by atoms with Crippen molar-refractivity contribution in [3.05, 3.63) is 80.6 Å². The maximum absolute atomic E-state index is 13.8. The number of aromatic nitrogens is 2. The minimum atomic E-state index is -0.447. The van der Waals surface area contributed by atoms with Crippen LogP contribution in [0.3, 0.4) is 0 Å². The van der Waals surface area contributed by atoms with Crippen molar-refractivity contribution in [3.8, 4) is 28.7 Å². The summed E-state index contributed by atoms with van der Waals surface area (Å²) in [7, 11) is 6.00. The van der Waals surface area contributed by atoms with Crippen molar-refractivity contribution >= 4 is 28.4 Å². The number of fused-ring (bicyclic) bond motifs is 1. The van der Waals surface area contributed by atoms with Crippen molar-refractivity contribution < 1.29 is 23.9 Å². The summed E-state index contributed by atoms with van der Waals surface area (Å²) < 4.78 is 23.2. The first-order chi connectivity index (χ1) is 17.4. The number of methoxy groups -OCH3 is 4. The third-order valence-electron chi connectivity index (χ3n) is 5.48. The molecule has 11 heteroatoms. The van der Waals surface area contributed by atoms with E-state index in [1.807, 2.05) is 0 Å². The van der Waals surface area contributed by atoms with Crippen LogP contribution in [0, 0.1) is 10.1 Å². The van der Waals surface area contributed by atoms with Crippen molar-refractivity contribution in [2.75, 3.05) is 28.4 Å². The Hall–Kier alpha value is -4.25. The number of ether oxygens (including phenoxy) is 4. The van der Waals surface area contributed by atoms with Crippen LogP contribution in [0.15, 0.2) is 64.5 Å². The number of nitro benzene ring substituents is 1. The van der Waals surface area contributed by atoms with Gasteiger partial charge in [-0.25, -0.2) is 4.98 Å². The highest BCUT2D eigenvalue weighted by atomic mass is 32.2. The first-order valence-electron chi connectivity index (χ1n) is 10.7. The number of hydrogen-bond acceptors (Lipinski definition) is 9. The van der Waals surface area contributed by atoms with Crippen LogP contribution >= 0.6 is 11.8 Å². The van der Waals surface area contributed by atoms with E-state index in [-0.39, 0.29) is 17.0 Å². The molecule has 0 fully saturated rings. The second-order valence-electron chi connectivity index (χ2n) is 7.49. The Bertz CT molecular complexity index is 1470. The second kappa shape index (κ2) is 10.6. The number of thioether (sulfide) groups is 1. The predicted octanol–water partition coefficient (Wildman–Crippen LogP) is 4.62. The van der Waals surface area contributed by atoms with Crippen LogP contribution in [0.2, 0.25) is 0 Å². The fourth-order valence-electron chi connectivity index (χ4n) is 3.69. The van der Waals surface area contributed by atoms with Gasteiger partial charge >= 0.3 is 0 Å². The lowest BCUT2D eigenvalue weighted by atomic mass is 10.2. The summed E-state index contributed by atoms with van der Waals surface area (Å²) in [5, 5.41) is 11.7. The molecule has 4 rings (SSSR count). The van der Waals surface area contributed by atoms with Crippen LogP contribution in [0.1, 0.15) is 5.56 Å². The zero-order valence-corrected chi connectivity index (χ0v) is 20.8. The maximum atomic E-state index is 13.8. The molecule has 0 unspecified atom stereocenters. The molecule has 0 saturated carbocycles. The van der Waals surface area contributed by atoms with Crippen LogP contribution in [-0.2, 0) is 5.75 Å². The van der Waals surface area contributed by atoms with Crippen molar-refractivity contribution in [1.82, 2.24) is 9.55 Å². The van der Waals surface area contributed by atoms with Gasteiger partial charge in [0.2, 0.25) is 5.75 Å². The molecule has 0 spiro atoms. The Labute approximate surface area is 210 Å². The Morgan fingerprint density at radius 2 is 1.58 bits per heavy atom. The van der Waals surface area contributed by atoms with E-state index < -0.39 is 4.92 Å². The van der Waals surface area contributed by atoms with Crippen molar-refractivity contribution in [2.24, 2.45) is 0 Å². The van der Waals surface area contributed by atoms with E-state index in [2.05, 4.69) is 0 Å². The van der Waals surface area contributed by atoms with Crippen LogP contribution in [0.4, 0.5) is 5.69 Å². The molecule has 0 radical (unpaired) electrons. The molecule has 0 N–H and O–H groups in total. The zero-order chi connectivity index (χ0) is 25.8. The normalized spacial score (nSPS) is 10.8. The first kappa shape index (κ1) is 24.9. The van der Waals surface area contributed by atoms with E-state index in [9.17, 15) is 14.9 Å². The number of rotatable bonds is 9. The van der Waals surface area contributed by atoms with Crippen LogP contribution in [0.5, 0.6) is 23.0 Å². The van der Waals surface area contributed by atoms with E-state index >= 15 is 0 Å². The third kappa shape index (κ3) is 4.65. The van der Waals surface area contributed by atoms with Gasteiger partial charge in [0.05, 0.1) is 44.4 Å². The highest BCUT2D eigenvalue weighted by molar-refractivity contribution is 7.98. The number of benzene rings is 3. The quantitative estimate of drug-likeness (QED) is 0.138. The highest BCUT2D eigenvalue weighted by Crippen LogP contribution is 2.42. The second-order valence-corrected chi connectivity index (χ2v) is 8.43. The number of nitro groups is 1. The fourth-order valence-corrected chi connectivity index (χ4v) is 4.65. The lowest BCUT2D eigenvalue weighted by Crippen LogP contribution is -2.22. The van der Waals surface area contributed by atoms with Gasteiger partial charge in [-0.1, -0.05) is 23.9 Å². The minimum Gasteiger partial charge on any atom is -0.497 e. The molecule has 0 saturated heterocycles. The van der Waals surface area contributed by atoms with Crippen molar-refractivity contribution in [3.63, 3.8) is 0 Å². The molecular weight excluding hydrogens is 486 g/mol. The number of nitrogens with zero attached hydrogens (tertiary/aromatic N) is 3. The average molecular weight is 510 g/mol. The molecule has 0 bridgehead atoms. The largest absolute Gasteiger partial charge is 0.497 e.